The first-order valence-electron chi connectivity index (χ1n) is 7.88. The van der Waals surface area contributed by atoms with E-state index in [-0.39, 0.29) is 29.9 Å². The molecule has 2 aromatic carbocycles. The highest BCUT2D eigenvalue weighted by molar-refractivity contribution is 8.00. The summed E-state index contributed by atoms with van der Waals surface area (Å²) in [7, 11) is 0. The average molecular weight is 360 g/mol. The fourth-order valence-electron chi connectivity index (χ4n) is 2.50. The molecule has 2 amide bonds. The van der Waals surface area contributed by atoms with Gasteiger partial charge in [0.1, 0.15) is 5.82 Å². The first-order valence-corrected chi connectivity index (χ1v) is 8.87. The molecule has 25 heavy (non-hydrogen) atoms. The van der Waals surface area contributed by atoms with Crippen molar-refractivity contribution in [2.24, 2.45) is 0 Å². The summed E-state index contributed by atoms with van der Waals surface area (Å²) < 4.78 is 13.5. The van der Waals surface area contributed by atoms with E-state index in [1.54, 1.807) is 18.2 Å². The molecule has 2 aromatic rings. The number of carbonyl (C=O) groups excluding carboxylic acids is 2. The summed E-state index contributed by atoms with van der Waals surface area (Å²) in [5.74, 6) is -0.917. The molecule has 0 saturated heterocycles. The summed E-state index contributed by atoms with van der Waals surface area (Å²) >= 11 is 1.10. The number of carbonyl (C=O) groups is 2. The Morgan fingerprint density at radius 2 is 1.68 bits per heavy atom. The molecule has 132 valence electrons. The number of benzene rings is 2. The SMILES string of the molecule is Cc1cc(C)c(NC(=O)CNC(=O)CSc2ccccc2F)c(C)c1. The van der Waals surface area contributed by atoms with Crippen LogP contribution in [0.1, 0.15) is 16.7 Å². The van der Waals surface area contributed by atoms with Gasteiger partial charge in [-0.05, 0) is 44.0 Å². The van der Waals surface area contributed by atoms with Crippen LogP contribution in [0, 0.1) is 26.6 Å². The number of rotatable bonds is 6. The van der Waals surface area contributed by atoms with Gasteiger partial charge in [-0.25, -0.2) is 4.39 Å². The predicted molar refractivity (Wildman–Crippen MR) is 99.4 cm³/mol. The molecule has 0 radical (unpaired) electrons. The molecule has 0 aliphatic heterocycles. The molecule has 4 nitrogen and oxygen atoms in total. The van der Waals surface area contributed by atoms with Crippen molar-refractivity contribution in [1.29, 1.82) is 0 Å². The van der Waals surface area contributed by atoms with Crippen molar-refractivity contribution in [2.45, 2.75) is 25.7 Å². The third kappa shape index (κ3) is 5.60. The van der Waals surface area contributed by atoms with Crippen LogP contribution in [0.15, 0.2) is 41.3 Å². The number of aryl methyl sites for hydroxylation is 3. The molecular weight excluding hydrogens is 339 g/mol. The van der Waals surface area contributed by atoms with Crippen LogP contribution in [0.2, 0.25) is 0 Å². The molecule has 2 N–H and O–H groups in total. The summed E-state index contributed by atoms with van der Waals surface area (Å²) in [6.45, 7) is 5.74. The van der Waals surface area contributed by atoms with Gasteiger partial charge in [0, 0.05) is 10.6 Å². The number of hydrogen-bond donors (Lipinski definition) is 2. The zero-order valence-electron chi connectivity index (χ0n) is 14.5. The van der Waals surface area contributed by atoms with Gasteiger partial charge in [0.2, 0.25) is 11.8 Å². The molecule has 6 heteroatoms. The van der Waals surface area contributed by atoms with Crippen LogP contribution in [0.4, 0.5) is 10.1 Å². The van der Waals surface area contributed by atoms with Crippen LogP contribution in [0.3, 0.4) is 0 Å². The molecule has 0 saturated carbocycles. The van der Waals surface area contributed by atoms with Gasteiger partial charge in [0.05, 0.1) is 12.3 Å². The highest BCUT2D eigenvalue weighted by Gasteiger charge is 2.11. The Balaban J connectivity index is 1.82. The van der Waals surface area contributed by atoms with Crippen LogP contribution >= 0.6 is 11.8 Å². The highest BCUT2D eigenvalue weighted by Crippen LogP contribution is 2.22. The maximum Gasteiger partial charge on any atom is 0.243 e. The number of nitrogens with one attached hydrogen (secondary N) is 2. The summed E-state index contributed by atoms with van der Waals surface area (Å²) in [4.78, 5) is 24.3. The van der Waals surface area contributed by atoms with E-state index < -0.39 is 0 Å². The monoisotopic (exact) mass is 360 g/mol. The largest absolute Gasteiger partial charge is 0.346 e. The lowest BCUT2D eigenvalue weighted by atomic mass is 10.1. The van der Waals surface area contributed by atoms with Gasteiger partial charge in [-0.1, -0.05) is 29.8 Å². The Bertz CT molecular complexity index is 770. The molecule has 0 bridgehead atoms. The van der Waals surface area contributed by atoms with Gasteiger partial charge in [-0.15, -0.1) is 11.8 Å². The van der Waals surface area contributed by atoms with Crippen LogP contribution in [-0.4, -0.2) is 24.1 Å². The maximum absolute atomic E-state index is 13.5. The fourth-order valence-corrected chi connectivity index (χ4v) is 3.27. The van der Waals surface area contributed by atoms with E-state index in [2.05, 4.69) is 10.6 Å². The van der Waals surface area contributed by atoms with Crippen molar-refractivity contribution in [3.05, 3.63) is 58.9 Å². The van der Waals surface area contributed by atoms with Gasteiger partial charge in [0.15, 0.2) is 0 Å². The van der Waals surface area contributed by atoms with E-state index in [4.69, 9.17) is 0 Å². The van der Waals surface area contributed by atoms with Gasteiger partial charge >= 0.3 is 0 Å². The van der Waals surface area contributed by atoms with Crippen molar-refractivity contribution in [1.82, 2.24) is 5.32 Å². The van der Waals surface area contributed by atoms with E-state index in [9.17, 15) is 14.0 Å². The molecule has 0 aromatic heterocycles. The van der Waals surface area contributed by atoms with Gasteiger partial charge in [-0.3, -0.25) is 9.59 Å². The lowest BCUT2D eigenvalue weighted by Gasteiger charge is -2.13. The van der Waals surface area contributed by atoms with Gasteiger partial charge in [0.25, 0.3) is 0 Å². The minimum Gasteiger partial charge on any atom is -0.346 e. The summed E-state index contributed by atoms with van der Waals surface area (Å²) in [6, 6.07) is 10.3. The minimum absolute atomic E-state index is 0.0524. The number of anilines is 1. The molecule has 0 aliphatic carbocycles. The molecule has 0 aliphatic rings. The van der Waals surface area contributed by atoms with E-state index in [1.807, 2.05) is 32.9 Å². The van der Waals surface area contributed by atoms with Crippen molar-refractivity contribution < 1.29 is 14.0 Å². The Labute approximate surface area is 151 Å². The van der Waals surface area contributed by atoms with Crippen molar-refractivity contribution >= 4 is 29.3 Å². The molecule has 2 rings (SSSR count). The van der Waals surface area contributed by atoms with Crippen molar-refractivity contribution in [2.75, 3.05) is 17.6 Å². The zero-order chi connectivity index (χ0) is 18.4. The van der Waals surface area contributed by atoms with E-state index in [0.717, 1.165) is 34.1 Å². The number of hydrogen-bond acceptors (Lipinski definition) is 3. The first-order chi connectivity index (χ1) is 11.9. The quantitative estimate of drug-likeness (QED) is 0.774. The Hall–Kier alpha value is -2.34. The normalized spacial score (nSPS) is 10.4. The first kappa shape index (κ1) is 19.0. The Morgan fingerprint density at radius 1 is 1.04 bits per heavy atom. The molecule has 0 spiro atoms. The standard InChI is InChI=1S/C19H21FN2O2S/c1-12-8-13(2)19(14(3)9-12)22-17(23)10-21-18(24)11-25-16-7-5-4-6-15(16)20/h4-9H,10-11H2,1-3H3,(H,21,24)(H,22,23). The van der Waals surface area contributed by atoms with Gasteiger partial charge in [-0.2, -0.15) is 0 Å². The van der Waals surface area contributed by atoms with Crippen molar-refractivity contribution in [3.8, 4) is 0 Å². The summed E-state index contributed by atoms with van der Waals surface area (Å²) in [6.07, 6.45) is 0. The number of thioether (sulfide) groups is 1. The molecular formula is C19H21FN2O2S. The Morgan fingerprint density at radius 3 is 2.32 bits per heavy atom. The summed E-state index contributed by atoms with van der Waals surface area (Å²) in [5, 5.41) is 5.37. The molecule has 0 unspecified atom stereocenters. The fraction of sp³-hybridized carbons (Fsp3) is 0.263. The molecule has 0 heterocycles. The smallest absolute Gasteiger partial charge is 0.243 e. The zero-order valence-corrected chi connectivity index (χ0v) is 15.3. The third-order valence-corrected chi connectivity index (χ3v) is 4.63. The van der Waals surface area contributed by atoms with E-state index in [0.29, 0.717) is 4.90 Å². The van der Waals surface area contributed by atoms with E-state index in [1.165, 1.54) is 6.07 Å². The predicted octanol–water partition coefficient (Wildman–Crippen LogP) is 3.60. The second kappa shape index (κ2) is 8.67. The highest BCUT2D eigenvalue weighted by atomic mass is 32.2. The number of halogens is 1. The summed E-state index contributed by atoms with van der Waals surface area (Å²) in [5.41, 5.74) is 3.86. The average Bonchev–Trinajstić information content (AvgIpc) is 2.55. The van der Waals surface area contributed by atoms with E-state index >= 15 is 0 Å². The van der Waals surface area contributed by atoms with Crippen LogP contribution in [0.25, 0.3) is 0 Å². The second-order valence-electron chi connectivity index (χ2n) is 5.82. The van der Waals surface area contributed by atoms with Crippen molar-refractivity contribution in [3.63, 3.8) is 0 Å². The van der Waals surface area contributed by atoms with Gasteiger partial charge < -0.3 is 10.6 Å². The minimum atomic E-state index is -0.358. The van der Waals surface area contributed by atoms with Crippen LogP contribution in [0.5, 0.6) is 0 Å². The maximum atomic E-state index is 13.5. The third-order valence-electron chi connectivity index (χ3n) is 3.58. The lowest BCUT2D eigenvalue weighted by molar-refractivity contribution is -0.122. The number of amides is 2. The van der Waals surface area contributed by atoms with Crippen LogP contribution in [-0.2, 0) is 9.59 Å². The lowest BCUT2D eigenvalue weighted by Crippen LogP contribution is -2.34. The molecule has 0 atom stereocenters. The van der Waals surface area contributed by atoms with Crippen LogP contribution < -0.4 is 10.6 Å². The second-order valence-corrected chi connectivity index (χ2v) is 6.83. The Kier molecular flexibility index (Phi) is 6.58. The molecule has 0 fully saturated rings. The topological polar surface area (TPSA) is 58.2 Å².